The van der Waals surface area contributed by atoms with Gasteiger partial charge in [0.05, 0.1) is 10.7 Å². The standard InChI is InChI=1S/C10H7ClF3N3/c1-17-8(6-3-2-4-15-5-6)7(11)9(16-17)10(12,13)14/h2-5H,1H3. The fourth-order valence-electron chi connectivity index (χ4n) is 1.50. The van der Waals surface area contributed by atoms with Gasteiger partial charge in [-0.3, -0.25) is 9.67 Å². The molecule has 2 rings (SSSR count). The van der Waals surface area contributed by atoms with E-state index in [9.17, 15) is 13.2 Å². The summed E-state index contributed by atoms with van der Waals surface area (Å²) in [7, 11) is 1.41. The van der Waals surface area contributed by atoms with Crippen LogP contribution in [0.3, 0.4) is 0 Å². The fraction of sp³-hybridized carbons (Fsp3) is 0.200. The van der Waals surface area contributed by atoms with E-state index in [1.54, 1.807) is 12.1 Å². The Labute approximate surface area is 99.8 Å². The van der Waals surface area contributed by atoms with Gasteiger partial charge in [0, 0.05) is 25.0 Å². The molecule has 0 saturated carbocycles. The molecule has 0 N–H and O–H groups in total. The molecule has 0 fully saturated rings. The minimum atomic E-state index is -4.56. The first-order valence-corrected chi connectivity index (χ1v) is 4.99. The predicted octanol–water partition coefficient (Wildman–Crippen LogP) is 3.15. The molecule has 0 saturated heterocycles. The van der Waals surface area contributed by atoms with Gasteiger partial charge >= 0.3 is 6.18 Å². The Hall–Kier alpha value is -1.56. The van der Waals surface area contributed by atoms with Gasteiger partial charge in [0.2, 0.25) is 0 Å². The van der Waals surface area contributed by atoms with Gasteiger partial charge in [-0.05, 0) is 12.1 Å². The molecule has 2 aromatic rings. The highest BCUT2D eigenvalue weighted by molar-refractivity contribution is 6.33. The van der Waals surface area contributed by atoms with E-state index in [1.807, 2.05) is 0 Å². The predicted molar refractivity (Wildman–Crippen MR) is 56.5 cm³/mol. The van der Waals surface area contributed by atoms with Crippen LogP contribution in [0.15, 0.2) is 24.5 Å². The van der Waals surface area contributed by atoms with Gasteiger partial charge in [0.25, 0.3) is 0 Å². The summed E-state index contributed by atoms with van der Waals surface area (Å²) in [6, 6.07) is 3.24. The average molecular weight is 262 g/mol. The van der Waals surface area contributed by atoms with Crippen LogP contribution in [0, 0.1) is 0 Å². The maximum Gasteiger partial charge on any atom is 0.436 e. The highest BCUT2D eigenvalue weighted by Gasteiger charge is 2.38. The maximum absolute atomic E-state index is 12.6. The van der Waals surface area contributed by atoms with Crippen molar-refractivity contribution in [2.24, 2.45) is 7.05 Å². The highest BCUT2D eigenvalue weighted by Crippen LogP contribution is 2.38. The van der Waals surface area contributed by atoms with Gasteiger partial charge in [0.1, 0.15) is 0 Å². The lowest BCUT2D eigenvalue weighted by molar-refractivity contribution is -0.141. The molecule has 0 aliphatic rings. The van der Waals surface area contributed by atoms with Gasteiger partial charge in [-0.25, -0.2) is 0 Å². The quantitative estimate of drug-likeness (QED) is 0.789. The van der Waals surface area contributed by atoms with Gasteiger partial charge in [-0.2, -0.15) is 18.3 Å². The normalized spacial score (nSPS) is 11.8. The molecule has 17 heavy (non-hydrogen) atoms. The van der Waals surface area contributed by atoms with E-state index in [2.05, 4.69) is 10.1 Å². The summed E-state index contributed by atoms with van der Waals surface area (Å²) in [6.45, 7) is 0. The van der Waals surface area contributed by atoms with Crippen LogP contribution in [0.1, 0.15) is 5.69 Å². The number of nitrogens with zero attached hydrogens (tertiary/aromatic N) is 3. The Morgan fingerprint density at radius 1 is 1.35 bits per heavy atom. The second-order valence-electron chi connectivity index (χ2n) is 3.37. The lowest BCUT2D eigenvalue weighted by Crippen LogP contribution is -2.07. The van der Waals surface area contributed by atoms with Crippen LogP contribution in [0.5, 0.6) is 0 Å². The Bertz CT molecular complexity index is 534. The fourth-order valence-corrected chi connectivity index (χ4v) is 1.87. The van der Waals surface area contributed by atoms with E-state index < -0.39 is 16.9 Å². The second-order valence-corrected chi connectivity index (χ2v) is 3.75. The Kier molecular flexibility index (Phi) is 2.82. The van der Waals surface area contributed by atoms with E-state index >= 15 is 0 Å². The average Bonchev–Trinajstić information content (AvgIpc) is 2.55. The maximum atomic E-state index is 12.6. The monoisotopic (exact) mass is 261 g/mol. The van der Waals surface area contributed by atoms with Crippen LogP contribution in [0.2, 0.25) is 5.02 Å². The van der Waals surface area contributed by atoms with E-state index in [1.165, 1.54) is 19.4 Å². The second kappa shape index (κ2) is 4.03. The first-order valence-electron chi connectivity index (χ1n) is 4.61. The van der Waals surface area contributed by atoms with Crippen molar-refractivity contribution >= 4 is 11.6 Å². The van der Waals surface area contributed by atoms with Crippen LogP contribution >= 0.6 is 11.6 Å². The molecule has 0 amide bonds. The number of aromatic nitrogens is 3. The number of rotatable bonds is 1. The van der Waals surface area contributed by atoms with Crippen molar-refractivity contribution in [2.75, 3.05) is 0 Å². The molecule has 0 aliphatic carbocycles. The molecule has 90 valence electrons. The summed E-state index contributed by atoms with van der Waals surface area (Å²) >= 11 is 5.72. The zero-order valence-electron chi connectivity index (χ0n) is 8.66. The van der Waals surface area contributed by atoms with Gasteiger partial charge in [-0.15, -0.1) is 0 Å². The molecule has 0 aromatic carbocycles. The lowest BCUT2D eigenvalue weighted by atomic mass is 10.2. The molecule has 7 heteroatoms. The van der Waals surface area contributed by atoms with Crippen molar-refractivity contribution in [3.05, 3.63) is 35.2 Å². The highest BCUT2D eigenvalue weighted by atomic mass is 35.5. The van der Waals surface area contributed by atoms with Crippen LogP contribution < -0.4 is 0 Å². The summed E-state index contributed by atoms with van der Waals surface area (Å²) in [5, 5.41) is 2.98. The number of pyridine rings is 1. The summed E-state index contributed by atoms with van der Waals surface area (Å²) in [5.41, 5.74) is -0.393. The summed E-state index contributed by atoms with van der Waals surface area (Å²) in [5.74, 6) is 0. The topological polar surface area (TPSA) is 30.7 Å². The van der Waals surface area contributed by atoms with Gasteiger partial charge in [-0.1, -0.05) is 11.6 Å². The first-order chi connectivity index (χ1) is 7.91. The van der Waals surface area contributed by atoms with E-state index in [4.69, 9.17) is 11.6 Å². The molecule has 0 spiro atoms. The van der Waals surface area contributed by atoms with Crippen molar-refractivity contribution in [2.45, 2.75) is 6.18 Å². The number of halogens is 4. The van der Waals surface area contributed by atoms with Gasteiger partial charge in [0.15, 0.2) is 5.69 Å². The Balaban J connectivity index is 2.61. The molecule has 3 nitrogen and oxygen atoms in total. The van der Waals surface area contributed by atoms with E-state index in [0.29, 0.717) is 5.56 Å². The number of hydrogen-bond acceptors (Lipinski definition) is 2. The SMILES string of the molecule is Cn1nc(C(F)(F)F)c(Cl)c1-c1cccnc1. The molecule has 0 bridgehead atoms. The van der Waals surface area contributed by atoms with Crippen LogP contribution in [-0.2, 0) is 13.2 Å². The lowest BCUT2D eigenvalue weighted by Gasteiger charge is -2.02. The molecule has 0 atom stereocenters. The van der Waals surface area contributed by atoms with Crippen LogP contribution in [-0.4, -0.2) is 14.8 Å². The summed E-state index contributed by atoms with van der Waals surface area (Å²) in [4.78, 5) is 3.83. The molecule has 2 heterocycles. The van der Waals surface area contributed by atoms with Crippen LogP contribution in [0.4, 0.5) is 13.2 Å². The Morgan fingerprint density at radius 2 is 2.06 bits per heavy atom. The molecular formula is C10H7ClF3N3. The molecule has 0 radical (unpaired) electrons. The number of alkyl halides is 3. The van der Waals surface area contributed by atoms with Crippen molar-refractivity contribution < 1.29 is 13.2 Å². The summed E-state index contributed by atoms with van der Waals surface area (Å²) in [6.07, 6.45) is -1.60. The van der Waals surface area contributed by atoms with E-state index in [0.717, 1.165) is 4.68 Å². The smallest absolute Gasteiger partial charge is 0.266 e. The largest absolute Gasteiger partial charge is 0.436 e. The molecule has 0 aliphatic heterocycles. The minimum absolute atomic E-state index is 0.201. The minimum Gasteiger partial charge on any atom is -0.266 e. The zero-order chi connectivity index (χ0) is 12.6. The molecule has 0 unspecified atom stereocenters. The van der Waals surface area contributed by atoms with Gasteiger partial charge < -0.3 is 0 Å². The molecular weight excluding hydrogens is 255 g/mol. The van der Waals surface area contributed by atoms with E-state index in [-0.39, 0.29) is 5.69 Å². The molecule has 2 aromatic heterocycles. The van der Waals surface area contributed by atoms with Crippen molar-refractivity contribution in [1.29, 1.82) is 0 Å². The third kappa shape index (κ3) is 2.12. The van der Waals surface area contributed by atoms with Crippen molar-refractivity contribution in [3.8, 4) is 11.3 Å². The van der Waals surface area contributed by atoms with Crippen molar-refractivity contribution in [3.63, 3.8) is 0 Å². The zero-order valence-corrected chi connectivity index (χ0v) is 9.42. The third-order valence-corrected chi connectivity index (χ3v) is 2.55. The van der Waals surface area contributed by atoms with Crippen LogP contribution in [0.25, 0.3) is 11.3 Å². The summed E-state index contributed by atoms with van der Waals surface area (Å²) < 4.78 is 38.8. The number of hydrogen-bond donors (Lipinski definition) is 0. The van der Waals surface area contributed by atoms with Crippen molar-refractivity contribution in [1.82, 2.24) is 14.8 Å². The Morgan fingerprint density at radius 3 is 2.53 bits per heavy atom. The first kappa shape index (κ1) is 11.9. The number of aryl methyl sites for hydroxylation is 1. The third-order valence-electron chi connectivity index (χ3n) is 2.19.